The van der Waals surface area contributed by atoms with Crippen molar-refractivity contribution in [2.24, 2.45) is 0 Å². The Morgan fingerprint density at radius 2 is 0.807 bits per heavy atom. The van der Waals surface area contributed by atoms with E-state index in [4.69, 9.17) is 68.0 Å². The standard InChI is InChI=1S/C23H26Cl2O6.C19H20ClNO5/c1-22(2,30-18-10-6-16(24)7-11-18)20(26)28-14-5-15-29-21(27)23(3,4)31-19-12-8-17(25)9-13-19;1-19(2,26-16-8-6-15(20)7-9-16)18(23)25-12-4-11-24-17(22)14-5-3-10-21-13-14/h6-13H,5,14-15H2,1-4H3;3,5-10,13H,4,11-12H2,1-2H3. The van der Waals surface area contributed by atoms with Crippen LogP contribution in [-0.4, -0.2) is 72.1 Å². The van der Waals surface area contributed by atoms with Gasteiger partial charge in [-0.15, -0.1) is 0 Å². The van der Waals surface area contributed by atoms with E-state index in [9.17, 15) is 19.2 Å². The maximum absolute atomic E-state index is 12.3. The van der Waals surface area contributed by atoms with Gasteiger partial charge in [0.1, 0.15) is 17.2 Å². The summed E-state index contributed by atoms with van der Waals surface area (Å²) in [6, 6.07) is 23.3. The molecule has 0 aliphatic rings. The molecule has 0 fully saturated rings. The van der Waals surface area contributed by atoms with Crippen LogP contribution in [0.2, 0.25) is 15.1 Å². The first-order chi connectivity index (χ1) is 26.9. The van der Waals surface area contributed by atoms with E-state index in [1.165, 1.54) is 6.20 Å². The summed E-state index contributed by atoms with van der Waals surface area (Å²) in [4.78, 5) is 52.4. The minimum Gasteiger partial charge on any atom is -0.476 e. The van der Waals surface area contributed by atoms with Crippen LogP contribution in [0.15, 0.2) is 97.3 Å². The van der Waals surface area contributed by atoms with Gasteiger partial charge in [-0.05, 0) is 126 Å². The third-order valence-electron chi connectivity index (χ3n) is 7.44. The summed E-state index contributed by atoms with van der Waals surface area (Å²) < 4.78 is 37.8. The fourth-order valence-corrected chi connectivity index (χ4v) is 4.76. The molecular weight excluding hydrogens is 801 g/mol. The van der Waals surface area contributed by atoms with Gasteiger partial charge in [-0.25, -0.2) is 19.2 Å². The number of nitrogens with zero attached hydrogens (tertiary/aromatic N) is 1. The van der Waals surface area contributed by atoms with E-state index in [0.717, 1.165) is 0 Å². The summed E-state index contributed by atoms with van der Waals surface area (Å²) >= 11 is 17.5. The molecule has 12 nitrogen and oxygen atoms in total. The fraction of sp³-hybridized carbons (Fsp3) is 0.357. The van der Waals surface area contributed by atoms with Crippen LogP contribution in [0.3, 0.4) is 0 Å². The van der Waals surface area contributed by atoms with Crippen molar-refractivity contribution >= 4 is 58.7 Å². The molecule has 0 unspecified atom stereocenters. The minimum absolute atomic E-state index is 0.0813. The van der Waals surface area contributed by atoms with Crippen LogP contribution in [0.5, 0.6) is 17.2 Å². The second-order valence-corrected chi connectivity index (χ2v) is 15.0. The Morgan fingerprint density at radius 1 is 0.491 bits per heavy atom. The number of aromatic nitrogens is 1. The van der Waals surface area contributed by atoms with Crippen LogP contribution in [0.25, 0.3) is 0 Å². The summed E-state index contributed by atoms with van der Waals surface area (Å²) in [7, 11) is 0. The zero-order chi connectivity index (χ0) is 42.1. The van der Waals surface area contributed by atoms with E-state index in [2.05, 4.69) is 4.98 Å². The topological polar surface area (TPSA) is 146 Å². The van der Waals surface area contributed by atoms with E-state index in [-0.39, 0.29) is 26.4 Å². The van der Waals surface area contributed by atoms with Gasteiger partial charge >= 0.3 is 23.9 Å². The number of hydrogen-bond donors (Lipinski definition) is 0. The smallest absolute Gasteiger partial charge is 0.349 e. The average molecular weight is 847 g/mol. The van der Waals surface area contributed by atoms with Crippen LogP contribution in [0, 0.1) is 0 Å². The molecule has 0 saturated carbocycles. The Balaban J connectivity index is 0.000000310. The molecular formula is C42H46Cl3NO11. The van der Waals surface area contributed by atoms with Gasteiger partial charge in [0, 0.05) is 40.3 Å². The third kappa shape index (κ3) is 16.5. The van der Waals surface area contributed by atoms with Gasteiger partial charge < -0.3 is 33.2 Å². The highest BCUT2D eigenvalue weighted by Crippen LogP contribution is 2.24. The summed E-state index contributed by atoms with van der Waals surface area (Å²) in [5.74, 6) is -0.504. The van der Waals surface area contributed by atoms with Crippen molar-refractivity contribution in [3.05, 3.63) is 118 Å². The number of rotatable bonds is 18. The van der Waals surface area contributed by atoms with Crippen LogP contribution < -0.4 is 14.2 Å². The molecule has 1 aromatic heterocycles. The predicted molar refractivity (Wildman–Crippen MR) is 215 cm³/mol. The lowest BCUT2D eigenvalue weighted by Crippen LogP contribution is -2.40. The number of esters is 4. The lowest BCUT2D eigenvalue weighted by Gasteiger charge is -2.25. The Morgan fingerprint density at radius 3 is 1.11 bits per heavy atom. The number of pyridine rings is 1. The molecule has 0 atom stereocenters. The Hall–Kier alpha value is -5.04. The number of carbonyl (C=O) groups is 4. The Labute approximate surface area is 347 Å². The van der Waals surface area contributed by atoms with E-state index in [1.54, 1.807) is 133 Å². The van der Waals surface area contributed by atoms with Crippen molar-refractivity contribution in [3.8, 4) is 17.2 Å². The number of benzene rings is 3. The lowest BCUT2D eigenvalue weighted by molar-refractivity contribution is -0.162. The Bertz CT molecular complexity index is 1810. The average Bonchev–Trinajstić information content (AvgIpc) is 3.17. The van der Waals surface area contributed by atoms with Crippen molar-refractivity contribution < 1.29 is 52.3 Å². The van der Waals surface area contributed by atoms with Crippen LogP contribution in [-0.2, 0) is 33.3 Å². The van der Waals surface area contributed by atoms with Gasteiger partial charge in [-0.3, -0.25) is 4.98 Å². The Kier molecular flexibility index (Phi) is 17.9. The molecule has 57 heavy (non-hydrogen) atoms. The van der Waals surface area contributed by atoms with E-state index in [0.29, 0.717) is 50.7 Å². The van der Waals surface area contributed by atoms with Gasteiger partial charge in [0.25, 0.3) is 0 Å². The summed E-state index contributed by atoms with van der Waals surface area (Å²) in [6.45, 7) is 10.1. The second-order valence-electron chi connectivity index (χ2n) is 13.7. The number of carbonyl (C=O) groups excluding carboxylic acids is 4. The van der Waals surface area contributed by atoms with E-state index >= 15 is 0 Å². The maximum atomic E-state index is 12.3. The van der Waals surface area contributed by atoms with Crippen molar-refractivity contribution in [2.45, 2.75) is 71.2 Å². The van der Waals surface area contributed by atoms with Gasteiger partial charge in [0.05, 0.1) is 32.0 Å². The predicted octanol–water partition coefficient (Wildman–Crippen LogP) is 9.17. The molecule has 0 radical (unpaired) electrons. The van der Waals surface area contributed by atoms with Crippen LogP contribution in [0.1, 0.15) is 64.7 Å². The normalized spacial score (nSPS) is 11.2. The number of halogens is 3. The van der Waals surface area contributed by atoms with Crippen molar-refractivity contribution in [1.29, 1.82) is 0 Å². The van der Waals surface area contributed by atoms with Gasteiger partial charge in [0.15, 0.2) is 16.8 Å². The third-order valence-corrected chi connectivity index (χ3v) is 8.20. The van der Waals surface area contributed by atoms with Crippen LogP contribution >= 0.6 is 34.8 Å². The van der Waals surface area contributed by atoms with E-state index in [1.807, 2.05) is 0 Å². The summed E-state index contributed by atoms with van der Waals surface area (Å²) in [6.07, 6.45) is 3.73. The highest BCUT2D eigenvalue weighted by molar-refractivity contribution is 6.31. The quantitative estimate of drug-likeness (QED) is 0.0535. The highest BCUT2D eigenvalue weighted by atomic mass is 35.5. The largest absolute Gasteiger partial charge is 0.476 e. The van der Waals surface area contributed by atoms with E-state index < -0.39 is 40.7 Å². The van der Waals surface area contributed by atoms with Crippen molar-refractivity contribution in [2.75, 3.05) is 26.4 Å². The molecule has 306 valence electrons. The monoisotopic (exact) mass is 845 g/mol. The first-order valence-electron chi connectivity index (χ1n) is 17.8. The second kappa shape index (κ2) is 22.0. The fourth-order valence-electron chi connectivity index (χ4n) is 4.38. The first kappa shape index (κ1) is 46.3. The van der Waals surface area contributed by atoms with Gasteiger partial charge in [-0.2, -0.15) is 0 Å². The lowest BCUT2D eigenvalue weighted by atomic mass is 10.1. The molecule has 0 bridgehead atoms. The number of ether oxygens (including phenoxy) is 7. The molecule has 3 aromatic carbocycles. The summed E-state index contributed by atoms with van der Waals surface area (Å²) in [5.41, 5.74) is -3.14. The molecule has 1 heterocycles. The van der Waals surface area contributed by atoms with Gasteiger partial charge in [-0.1, -0.05) is 34.8 Å². The molecule has 15 heteroatoms. The first-order valence-corrected chi connectivity index (χ1v) is 18.9. The molecule has 0 aliphatic carbocycles. The zero-order valence-corrected chi connectivity index (χ0v) is 34.8. The number of hydrogen-bond acceptors (Lipinski definition) is 12. The molecule has 0 aliphatic heterocycles. The molecule has 0 N–H and O–H groups in total. The van der Waals surface area contributed by atoms with Crippen molar-refractivity contribution in [3.63, 3.8) is 0 Å². The van der Waals surface area contributed by atoms with Crippen molar-refractivity contribution in [1.82, 2.24) is 4.98 Å². The molecule has 0 saturated heterocycles. The summed E-state index contributed by atoms with van der Waals surface area (Å²) in [5, 5.41) is 1.73. The minimum atomic E-state index is -1.18. The SMILES string of the molecule is CC(C)(Oc1ccc(Cl)cc1)C(=O)OCCCOC(=O)C(C)(C)Oc1ccc(Cl)cc1.CC(C)(Oc1ccc(Cl)cc1)C(=O)OCCCOC(=O)c1cccnc1. The van der Waals surface area contributed by atoms with Gasteiger partial charge in [0.2, 0.25) is 0 Å². The molecule has 0 amide bonds. The maximum Gasteiger partial charge on any atom is 0.349 e. The highest BCUT2D eigenvalue weighted by Gasteiger charge is 2.34. The molecule has 0 spiro atoms. The zero-order valence-electron chi connectivity index (χ0n) is 32.6. The molecule has 4 rings (SSSR count). The molecule has 4 aromatic rings. The van der Waals surface area contributed by atoms with Crippen LogP contribution in [0.4, 0.5) is 0 Å².